The van der Waals surface area contributed by atoms with Gasteiger partial charge in [0.1, 0.15) is 11.5 Å². The lowest BCUT2D eigenvalue weighted by atomic mass is 10.1. The van der Waals surface area contributed by atoms with Crippen LogP contribution in [0.25, 0.3) is 0 Å². The van der Waals surface area contributed by atoms with Crippen molar-refractivity contribution < 1.29 is 17.9 Å². The van der Waals surface area contributed by atoms with Crippen molar-refractivity contribution in [3.05, 3.63) is 53.6 Å². The molecule has 0 spiro atoms. The number of nitrogens with one attached hydrogen (secondary N) is 1. The fourth-order valence-corrected chi connectivity index (χ4v) is 4.29. The first kappa shape index (κ1) is 21.2. The topological polar surface area (TPSA) is 67.9 Å². The maximum atomic E-state index is 12.5. The predicted octanol–water partition coefficient (Wildman–Crippen LogP) is 3.02. The van der Waals surface area contributed by atoms with Gasteiger partial charge >= 0.3 is 0 Å². The summed E-state index contributed by atoms with van der Waals surface area (Å²) >= 11 is 0. The summed E-state index contributed by atoms with van der Waals surface area (Å²) in [7, 11) is -0.158. The maximum Gasteiger partial charge on any atom is 0.243 e. The molecule has 0 unspecified atom stereocenters. The van der Waals surface area contributed by atoms with E-state index in [0.717, 1.165) is 22.6 Å². The van der Waals surface area contributed by atoms with Crippen molar-refractivity contribution in [3.63, 3.8) is 0 Å². The molecule has 0 amide bonds. The summed E-state index contributed by atoms with van der Waals surface area (Å²) < 4.78 is 37.1. The van der Waals surface area contributed by atoms with Crippen molar-refractivity contribution in [2.45, 2.75) is 31.8 Å². The van der Waals surface area contributed by atoms with Crippen LogP contribution in [0, 0.1) is 0 Å². The molecule has 2 aromatic carbocycles. The van der Waals surface area contributed by atoms with E-state index in [0.29, 0.717) is 31.1 Å². The normalized spacial score (nSPS) is 11.6. The number of methoxy groups -OCH3 is 2. The quantitative estimate of drug-likeness (QED) is 0.673. The van der Waals surface area contributed by atoms with Gasteiger partial charge in [-0.2, -0.15) is 4.31 Å². The van der Waals surface area contributed by atoms with E-state index in [1.165, 1.54) is 4.31 Å². The van der Waals surface area contributed by atoms with Gasteiger partial charge in [0.15, 0.2) is 0 Å². The monoisotopic (exact) mass is 392 g/mol. The molecular formula is C20H28N2O4S. The lowest BCUT2D eigenvalue weighted by Gasteiger charge is -2.18. The first-order valence-corrected chi connectivity index (χ1v) is 10.4. The Balaban J connectivity index is 2.00. The number of benzene rings is 2. The minimum absolute atomic E-state index is 0.326. The second-order valence-electron chi connectivity index (χ2n) is 6.01. The zero-order chi connectivity index (χ0) is 19.9. The van der Waals surface area contributed by atoms with E-state index < -0.39 is 10.0 Å². The van der Waals surface area contributed by atoms with Gasteiger partial charge in [-0.05, 0) is 23.8 Å². The molecule has 0 aliphatic carbocycles. The van der Waals surface area contributed by atoms with E-state index in [-0.39, 0.29) is 0 Å². The smallest absolute Gasteiger partial charge is 0.243 e. The third-order valence-electron chi connectivity index (χ3n) is 4.41. The Kier molecular flexibility index (Phi) is 7.65. The maximum absolute atomic E-state index is 12.5. The van der Waals surface area contributed by atoms with Crippen LogP contribution in [0.1, 0.15) is 25.0 Å². The largest absolute Gasteiger partial charge is 0.497 e. The molecule has 0 fully saturated rings. The summed E-state index contributed by atoms with van der Waals surface area (Å²) in [6, 6.07) is 12.7. The average Bonchev–Trinajstić information content (AvgIpc) is 2.69. The molecule has 0 aromatic heterocycles. The van der Waals surface area contributed by atoms with Crippen molar-refractivity contribution in [1.29, 1.82) is 0 Å². The second-order valence-corrected chi connectivity index (χ2v) is 7.95. The van der Waals surface area contributed by atoms with Crippen LogP contribution >= 0.6 is 0 Å². The molecule has 0 saturated heterocycles. The highest BCUT2D eigenvalue weighted by atomic mass is 32.2. The van der Waals surface area contributed by atoms with Crippen LogP contribution in [0.5, 0.6) is 11.5 Å². The molecule has 2 aromatic rings. The fourth-order valence-electron chi connectivity index (χ4n) is 2.83. The average molecular weight is 393 g/mol. The van der Waals surface area contributed by atoms with Crippen molar-refractivity contribution in [2.24, 2.45) is 0 Å². The number of ether oxygens (including phenoxy) is 2. The van der Waals surface area contributed by atoms with E-state index in [9.17, 15) is 8.42 Å². The van der Waals surface area contributed by atoms with Gasteiger partial charge in [-0.15, -0.1) is 0 Å². The van der Waals surface area contributed by atoms with Crippen LogP contribution in [-0.2, 0) is 23.1 Å². The first-order chi connectivity index (χ1) is 13.0. The van der Waals surface area contributed by atoms with Crippen molar-refractivity contribution in [3.8, 4) is 11.5 Å². The van der Waals surface area contributed by atoms with Crippen molar-refractivity contribution >= 4 is 10.0 Å². The van der Waals surface area contributed by atoms with E-state index >= 15 is 0 Å². The standard InChI is InChI=1S/C20H28N2O4S/c1-5-22(6-2)27(23,24)19-11-7-16(8-12-19)14-21-15-17-9-10-18(25-3)13-20(17)26-4/h7-13,21H,5-6,14-15H2,1-4H3. The molecule has 0 aliphatic rings. The highest BCUT2D eigenvalue weighted by Gasteiger charge is 2.21. The minimum Gasteiger partial charge on any atom is -0.497 e. The van der Waals surface area contributed by atoms with Gasteiger partial charge in [-0.25, -0.2) is 8.42 Å². The highest BCUT2D eigenvalue weighted by molar-refractivity contribution is 7.89. The van der Waals surface area contributed by atoms with Crippen molar-refractivity contribution in [2.75, 3.05) is 27.3 Å². The molecule has 0 bridgehead atoms. The van der Waals surface area contributed by atoms with Crippen LogP contribution in [0.2, 0.25) is 0 Å². The van der Waals surface area contributed by atoms with Crippen LogP contribution < -0.4 is 14.8 Å². The van der Waals surface area contributed by atoms with E-state index in [1.54, 1.807) is 26.4 Å². The molecule has 0 saturated carbocycles. The van der Waals surface area contributed by atoms with E-state index in [2.05, 4.69) is 5.32 Å². The lowest BCUT2D eigenvalue weighted by molar-refractivity contribution is 0.390. The number of hydrogen-bond acceptors (Lipinski definition) is 5. The summed E-state index contributed by atoms with van der Waals surface area (Å²) in [5.41, 5.74) is 2.04. The van der Waals surface area contributed by atoms with Gasteiger partial charge in [0.2, 0.25) is 10.0 Å². The Morgan fingerprint density at radius 2 is 1.59 bits per heavy atom. The third-order valence-corrected chi connectivity index (χ3v) is 6.47. The highest BCUT2D eigenvalue weighted by Crippen LogP contribution is 2.24. The zero-order valence-corrected chi connectivity index (χ0v) is 17.2. The number of hydrogen-bond donors (Lipinski definition) is 1. The molecule has 148 valence electrons. The molecule has 7 heteroatoms. The third kappa shape index (κ3) is 5.22. The van der Waals surface area contributed by atoms with Gasteiger partial charge in [-0.1, -0.05) is 32.0 Å². The Hall–Kier alpha value is -2.09. The second kappa shape index (κ2) is 9.73. The molecule has 0 radical (unpaired) electrons. The van der Waals surface area contributed by atoms with E-state index in [1.807, 2.05) is 44.2 Å². The molecule has 0 heterocycles. The van der Waals surface area contributed by atoms with Crippen LogP contribution in [0.15, 0.2) is 47.4 Å². The number of nitrogens with zero attached hydrogens (tertiary/aromatic N) is 1. The van der Waals surface area contributed by atoms with Gasteiger partial charge in [0.05, 0.1) is 19.1 Å². The number of rotatable bonds is 10. The molecule has 6 nitrogen and oxygen atoms in total. The summed E-state index contributed by atoms with van der Waals surface area (Å²) in [6.07, 6.45) is 0. The summed E-state index contributed by atoms with van der Waals surface area (Å²) in [6.45, 7) is 5.87. The molecule has 27 heavy (non-hydrogen) atoms. The molecular weight excluding hydrogens is 364 g/mol. The van der Waals surface area contributed by atoms with Gasteiger partial charge in [0, 0.05) is 37.8 Å². The van der Waals surface area contributed by atoms with Gasteiger partial charge < -0.3 is 14.8 Å². The Morgan fingerprint density at radius 1 is 0.926 bits per heavy atom. The molecule has 0 aliphatic heterocycles. The Morgan fingerprint density at radius 3 is 2.15 bits per heavy atom. The number of sulfonamides is 1. The summed E-state index contributed by atoms with van der Waals surface area (Å²) in [4.78, 5) is 0.326. The van der Waals surface area contributed by atoms with E-state index in [4.69, 9.17) is 9.47 Å². The van der Waals surface area contributed by atoms with Gasteiger partial charge in [-0.3, -0.25) is 0 Å². The minimum atomic E-state index is -3.41. The molecule has 1 N–H and O–H groups in total. The lowest BCUT2D eigenvalue weighted by Crippen LogP contribution is -2.30. The zero-order valence-electron chi connectivity index (χ0n) is 16.4. The Bertz CT molecular complexity index is 832. The fraction of sp³-hybridized carbons (Fsp3) is 0.400. The summed E-state index contributed by atoms with van der Waals surface area (Å²) in [5.74, 6) is 1.52. The predicted molar refractivity (Wildman–Crippen MR) is 107 cm³/mol. The molecule has 0 atom stereocenters. The Labute approximate surface area is 162 Å². The SMILES string of the molecule is CCN(CC)S(=O)(=O)c1ccc(CNCc2ccc(OC)cc2OC)cc1. The summed E-state index contributed by atoms with van der Waals surface area (Å²) in [5, 5.41) is 3.35. The van der Waals surface area contributed by atoms with Crippen LogP contribution in [-0.4, -0.2) is 40.0 Å². The van der Waals surface area contributed by atoms with Crippen LogP contribution in [0.4, 0.5) is 0 Å². The van der Waals surface area contributed by atoms with Gasteiger partial charge in [0.25, 0.3) is 0 Å². The first-order valence-electron chi connectivity index (χ1n) is 8.97. The van der Waals surface area contributed by atoms with Crippen molar-refractivity contribution in [1.82, 2.24) is 9.62 Å². The molecule has 2 rings (SSSR count). The van der Waals surface area contributed by atoms with Crippen LogP contribution in [0.3, 0.4) is 0 Å².